The van der Waals surface area contributed by atoms with Gasteiger partial charge < -0.3 is 15.1 Å². The highest BCUT2D eigenvalue weighted by Gasteiger charge is 2.26. The van der Waals surface area contributed by atoms with E-state index in [-0.39, 0.29) is 13.2 Å². The number of anilines is 1. The molecule has 0 spiro atoms. The van der Waals surface area contributed by atoms with Crippen molar-refractivity contribution in [2.45, 2.75) is 45.3 Å². The number of aryl methyl sites for hydroxylation is 1. The van der Waals surface area contributed by atoms with E-state index in [4.69, 9.17) is 5.11 Å². The van der Waals surface area contributed by atoms with Crippen molar-refractivity contribution in [1.82, 2.24) is 9.97 Å². The van der Waals surface area contributed by atoms with Gasteiger partial charge in [-0.05, 0) is 38.7 Å². The molecule has 2 rings (SSSR count). The number of hydrogen-bond acceptors (Lipinski definition) is 5. The van der Waals surface area contributed by atoms with E-state index in [1.807, 2.05) is 13.0 Å². The molecule has 1 fully saturated rings. The maximum absolute atomic E-state index is 9.19. The Labute approximate surface area is 107 Å². The fraction of sp³-hybridized carbons (Fsp3) is 0.692. The van der Waals surface area contributed by atoms with Crippen LogP contribution in [-0.4, -0.2) is 39.4 Å². The Bertz CT molecular complexity index is 398. The average Bonchev–Trinajstić information content (AvgIpc) is 2.83. The summed E-state index contributed by atoms with van der Waals surface area (Å²) in [5.41, 5.74) is 1.56. The minimum atomic E-state index is -0.0501. The molecule has 100 valence electrons. The SMILES string of the molecule is Cc1cc(CO)nc(N2CCCC2CCCO)n1. The maximum atomic E-state index is 9.19. The van der Waals surface area contributed by atoms with Crippen LogP contribution in [0.5, 0.6) is 0 Å². The second-order valence-electron chi connectivity index (χ2n) is 4.81. The van der Waals surface area contributed by atoms with Gasteiger partial charge in [0.15, 0.2) is 0 Å². The van der Waals surface area contributed by atoms with E-state index >= 15 is 0 Å². The standard InChI is InChI=1S/C13H21N3O2/c1-10-8-11(9-18)15-13(14-10)16-6-2-4-12(16)5-3-7-17/h8,12,17-18H,2-7,9H2,1H3. The van der Waals surface area contributed by atoms with Crippen LogP contribution in [0, 0.1) is 6.92 Å². The maximum Gasteiger partial charge on any atom is 0.226 e. The molecule has 0 amide bonds. The van der Waals surface area contributed by atoms with Gasteiger partial charge in [0, 0.05) is 24.9 Å². The van der Waals surface area contributed by atoms with Crippen LogP contribution in [0.1, 0.15) is 37.1 Å². The third-order valence-electron chi connectivity index (χ3n) is 3.39. The summed E-state index contributed by atoms with van der Waals surface area (Å²) < 4.78 is 0. The Morgan fingerprint density at radius 1 is 1.39 bits per heavy atom. The predicted molar refractivity (Wildman–Crippen MR) is 69.4 cm³/mol. The zero-order chi connectivity index (χ0) is 13.0. The smallest absolute Gasteiger partial charge is 0.226 e. The van der Waals surface area contributed by atoms with Crippen LogP contribution in [0.2, 0.25) is 0 Å². The molecular formula is C13H21N3O2. The first-order valence-electron chi connectivity index (χ1n) is 6.57. The van der Waals surface area contributed by atoms with Crippen molar-refractivity contribution in [1.29, 1.82) is 0 Å². The van der Waals surface area contributed by atoms with Gasteiger partial charge in [-0.1, -0.05) is 0 Å². The zero-order valence-electron chi connectivity index (χ0n) is 10.8. The molecule has 1 aromatic rings. The fourth-order valence-electron chi connectivity index (χ4n) is 2.55. The Morgan fingerprint density at radius 3 is 2.94 bits per heavy atom. The van der Waals surface area contributed by atoms with Crippen molar-refractivity contribution in [3.05, 3.63) is 17.5 Å². The molecule has 0 saturated carbocycles. The predicted octanol–water partition coefficient (Wildman–Crippen LogP) is 1.02. The first-order chi connectivity index (χ1) is 8.74. The van der Waals surface area contributed by atoms with Gasteiger partial charge in [-0.2, -0.15) is 0 Å². The van der Waals surface area contributed by atoms with E-state index in [9.17, 15) is 5.11 Å². The zero-order valence-corrected chi connectivity index (χ0v) is 10.8. The lowest BCUT2D eigenvalue weighted by Gasteiger charge is -2.25. The van der Waals surface area contributed by atoms with Crippen LogP contribution in [0.3, 0.4) is 0 Å². The molecule has 1 unspecified atom stereocenters. The Balaban J connectivity index is 2.16. The summed E-state index contributed by atoms with van der Waals surface area (Å²) in [5.74, 6) is 0.722. The molecule has 2 heterocycles. The van der Waals surface area contributed by atoms with E-state index in [0.717, 1.165) is 43.9 Å². The van der Waals surface area contributed by atoms with Crippen LogP contribution in [0.25, 0.3) is 0 Å². The van der Waals surface area contributed by atoms with Crippen LogP contribution < -0.4 is 4.90 Å². The first kappa shape index (κ1) is 13.2. The molecule has 1 saturated heterocycles. The molecule has 0 bridgehead atoms. The van der Waals surface area contributed by atoms with Crippen LogP contribution in [0.15, 0.2) is 6.07 Å². The lowest BCUT2D eigenvalue weighted by Crippen LogP contribution is -2.31. The van der Waals surface area contributed by atoms with E-state index < -0.39 is 0 Å². The molecule has 5 nitrogen and oxygen atoms in total. The van der Waals surface area contributed by atoms with Crippen LogP contribution >= 0.6 is 0 Å². The minimum absolute atomic E-state index is 0.0501. The Morgan fingerprint density at radius 2 is 2.22 bits per heavy atom. The van der Waals surface area contributed by atoms with Gasteiger partial charge in [-0.25, -0.2) is 9.97 Å². The van der Waals surface area contributed by atoms with E-state index in [2.05, 4.69) is 14.9 Å². The monoisotopic (exact) mass is 251 g/mol. The normalized spacial score (nSPS) is 19.5. The summed E-state index contributed by atoms with van der Waals surface area (Å²) in [5, 5.41) is 18.1. The first-order valence-corrected chi connectivity index (χ1v) is 6.57. The lowest BCUT2D eigenvalue weighted by molar-refractivity contribution is 0.276. The lowest BCUT2D eigenvalue weighted by atomic mass is 10.1. The molecule has 1 aliphatic rings. The number of hydrogen-bond donors (Lipinski definition) is 2. The van der Waals surface area contributed by atoms with Gasteiger partial charge in [0.25, 0.3) is 0 Å². The fourth-order valence-corrected chi connectivity index (χ4v) is 2.55. The molecule has 1 aliphatic heterocycles. The van der Waals surface area contributed by atoms with Gasteiger partial charge in [0.05, 0.1) is 12.3 Å². The van der Waals surface area contributed by atoms with Crippen molar-refractivity contribution >= 4 is 5.95 Å². The molecule has 1 aromatic heterocycles. The quantitative estimate of drug-likeness (QED) is 0.817. The molecule has 0 aliphatic carbocycles. The molecular weight excluding hydrogens is 230 g/mol. The molecule has 0 radical (unpaired) electrons. The van der Waals surface area contributed by atoms with Crippen LogP contribution in [-0.2, 0) is 6.61 Å². The van der Waals surface area contributed by atoms with Gasteiger partial charge in [0.2, 0.25) is 5.95 Å². The molecule has 5 heteroatoms. The van der Waals surface area contributed by atoms with Gasteiger partial charge in [-0.15, -0.1) is 0 Å². The molecule has 0 aromatic carbocycles. The van der Waals surface area contributed by atoms with E-state index in [1.54, 1.807) is 0 Å². The highest BCUT2D eigenvalue weighted by molar-refractivity contribution is 5.35. The number of aliphatic hydroxyl groups excluding tert-OH is 2. The summed E-state index contributed by atoms with van der Waals surface area (Å²) in [4.78, 5) is 11.1. The number of aromatic nitrogens is 2. The highest BCUT2D eigenvalue weighted by Crippen LogP contribution is 2.25. The van der Waals surface area contributed by atoms with Crippen molar-refractivity contribution in [2.75, 3.05) is 18.1 Å². The van der Waals surface area contributed by atoms with E-state index in [0.29, 0.717) is 11.7 Å². The Kier molecular flexibility index (Phi) is 4.49. The molecule has 2 N–H and O–H groups in total. The third-order valence-corrected chi connectivity index (χ3v) is 3.39. The van der Waals surface area contributed by atoms with Crippen LogP contribution in [0.4, 0.5) is 5.95 Å². The van der Waals surface area contributed by atoms with Crippen molar-refractivity contribution < 1.29 is 10.2 Å². The largest absolute Gasteiger partial charge is 0.396 e. The van der Waals surface area contributed by atoms with E-state index in [1.165, 1.54) is 0 Å². The van der Waals surface area contributed by atoms with Gasteiger partial charge in [0.1, 0.15) is 0 Å². The Hall–Kier alpha value is -1.20. The number of nitrogens with zero attached hydrogens (tertiary/aromatic N) is 3. The van der Waals surface area contributed by atoms with Crippen molar-refractivity contribution in [2.24, 2.45) is 0 Å². The molecule has 18 heavy (non-hydrogen) atoms. The highest BCUT2D eigenvalue weighted by atomic mass is 16.3. The summed E-state index contributed by atoms with van der Waals surface area (Å²) in [6.07, 6.45) is 4.07. The van der Waals surface area contributed by atoms with Crippen molar-refractivity contribution in [3.63, 3.8) is 0 Å². The second kappa shape index (κ2) is 6.11. The van der Waals surface area contributed by atoms with Gasteiger partial charge >= 0.3 is 0 Å². The number of rotatable bonds is 5. The third kappa shape index (κ3) is 2.97. The molecule has 1 atom stereocenters. The summed E-state index contributed by atoms with van der Waals surface area (Å²) in [6, 6.07) is 2.23. The van der Waals surface area contributed by atoms with Gasteiger partial charge in [-0.3, -0.25) is 0 Å². The number of aliphatic hydroxyl groups is 2. The summed E-state index contributed by atoms with van der Waals surface area (Å²) in [7, 11) is 0. The topological polar surface area (TPSA) is 69.5 Å². The van der Waals surface area contributed by atoms with Crippen molar-refractivity contribution in [3.8, 4) is 0 Å². The summed E-state index contributed by atoms with van der Waals surface area (Å²) in [6.45, 7) is 3.07. The second-order valence-corrected chi connectivity index (χ2v) is 4.81. The average molecular weight is 251 g/mol. The minimum Gasteiger partial charge on any atom is -0.396 e. The summed E-state index contributed by atoms with van der Waals surface area (Å²) >= 11 is 0.